The fraction of sp³-hybridized carbons (Fsp3) is 0.385. The Labute approximate surface area is 116 Å². The van der Waals surface area contributed by atoms with Gasteiger partial charge >= 0.3 is 6.09 Å². The van der Waals surface area contributed by atoms with Gasteiger partial charge in [-0.1, -0.05) is 17.7 Å². The zero-order valence-electron chi connectivity index (χ0n) is 10.9. The van der Waals surface area contributed by atoms with Gasteiger partial charge in [-0.3, -0.25) is 0 Å². The van der Waals surface area contributed by atoms with Crippen molar-refractivity contribution in [2.75, 3.05) is 0 Å². The first-order valence-corrected chi connectivity index (χ1v) is 6.04. The Morgan fingerprint density at radius 2 is 2.11 bits per heavy atom. The Balaban J connectivity index is 2.84. The van der Waals surface area contributed by atoms with Crippen LogP contribution in [0.2, 0.25) is 5.02 Å². The number of benzene rings is 1. The molecule has 0 aliphatic carbocycles. The molecule has 1 atom stereocenters. The fourth-order valence-corrected chi connectivity index (χ4v) is 1.57. The maximum absolute atomic E-state index is 11.6. The third kappa shape index (κ3) is 4.79. The van der Waals surface area contributed by atoms with Crippen molar-refractivity contribution >= 4 is 24.0 Å². The number of alkyl carbamates (subject to hydrolysis) is 1. The summed E-state index contributed by atoms with van der Waals surface area (Å²) in [6, 6.07) is 3.29. The van der Waals surface area contributed by atoms with E-state index in [2.05, 4.69) is 5.32 Å². The second-order valence-electron chi connectivity index (χ2n) is 4.96. The zero-order chi connectivity index (χ0) is 14.6. The lowest BCUT2D eigenvalue weighted by atomic mass is 10.1. The first-order chi connectivity index (χ1) is 8.73. The number of hydrogen-bond donors (Lipinski definition) is 2. The SMILES string of the molecule is CC(C)(C)OC(=O)NC(C=O)c1ccc(Cl)cc1O. The number of halogens is 1. The van der Waals surface area contributed by atoms with E-state index in [9.17, 15) is 14.7 Å². The summed E-state index contributed by atoms with van der Waals surface area (Å²) in [6.45, 7) is 5.13. The predicted molar refractivity (Wildman–Crippen MR) is 71.3 cm³/mol. The van der Waals surface area contributed by atoms with Crippen molar-refractivity contribution in [2.24, 2.45) is 0 Å². The van der Waals surface area contributed by atoms with Crippen LogP contribution in [0.25, 0.3) is 0 Å². The maximum Gasteiger partial charge on any atom is 0.408 e. The first-order valence-electron chi connectivity index (χ1n) is 5.66. The van der Waals surface area contributed by atoms with Crippen LogP contribution in [0.15, 0.2) is 18.2 Å². The minimum absolute atomic E-state index is 0.166. The van der Waals surface area contributed by atoms with Crippen molar-refractivity contribution in [1.29, 1.82) is 0 Å². The van der Waals surface area contributed by atoms with E-state index in [0.717, 1.165) is 0 Å². The lowest BCUT2D eigenvalue weighted by molar-refractivity contribution is -0.109. The summed E-state index contributed by atoms with van der Waals surface area (Å²) in [5.41, 5.74) is -0.412. The lowest BCUT2D eigenvalue weighted by Gasteiger charge is -2.21. The Kier molecular flexibility index (Phi) is 4.78. The molecule has 0 fully saturated rings. The number of ether oxygens (including phenoxy) is 1. The summed E-state index contributed by atoms with van der Waals surface area (Å²) < 4.78 is 5.04. The third-order valence-corrected chi connectivity index (χ3v) is 2.37. The molecule has 2 N–H and O–H groups in total. The van der Waals surface area contributed by atoms with Crippen LogP contribution in [0.3, 0.4) is 0 Å². The highest BCUT2D eigenvalue weighted by Crippen LogP contribution is 2.26. The van der Waals surface area contributed by atoms with Gasteiger partial charge in [-0.25, -0.2) is 4.79 Å². The highest BCUT2D eigenvalue weighted by molar-refractivity contribution is 6.30. The van der Waals surface area contributed by atoms with Gasteiger partial charge in [-0.15, -0.1) is 0 Å². The topological polar surface area (TPSA) is 75.6 Å². The smallest absolute Gasteiger partial charge is 0.408 e. The maximum atomic E-state index is 11.6. The highest BCUT2D eigenvalue weighted by atomic mass is 35.5. The van der Waals surface area contributed by atoms with Gasteiger partial charge in [0.25, 0.3) is 0 Å². The summed E-state index contributed by atoms with van der Waals surface area (Å²) in [4.78, 5) is 22.6. The second-order valence-corrected chi connectivity index (χ2v) is 5.40. The quantitative estimate of drug-likeness (QED) is 0.837. The number of aldehydes is 1. The van der Waals surface area contributed by atoms with Crippen LogP contribution in [0.5, 0.6) is 5.75 Å². The molecule has 6 heteroatoms. The van der Waals surface area contributed by atoms with E-state index in [1.807, 2.05) is 0 Å². The van der Waals surface area contributed by atoms with Crippen LogP contribution in [0.4, 0.5) is 4.79 Å². The molecule has 5 nitrogen and oxygen atoms in total. The molecule has 1 aromatic carbocycles. The van der Waals surface area contributed by atoms with Gasteiger partial charge in [0, 0.05) is 10.6 Å². The first kappa shape index (κ1) is 15.3. The van der Waals surface area contributed by atoms with Gasteiger partial charge in [-0.05, 0) is 32.9 Å². The van der Waals surface area contributed by atoms with Crippen molar-refractivity contribution < 1.29 is 19.4 Å². The monoisotopic (exact) mass is 285 g/mol. The van der Waals surface area contributed by atoms with Crippen molar-refractivity contribution in [2.45, 2.75) is 32.4 Å². The molecule has 1 unspecified atom stereocenters. The van der Waals surface area contributed by atoms with Crippen LogP contribution in [0.1, 0.15) is 32.4 Å². The molecule has 0 bridgehead atoms. The van der Waals surface area contributed by atoms with Gasteiger partial charge in [-0.2, -0.15) is 0 Å². The van der Waals surface area contributed by atoms with Gasteiger partial charge in [0.15, 0.2) is 0 Å². The predicted octanol–water partition coefficient (Wildman–Crippen LogP) is 2.81. The van der Waals surface area contributed by atoms with Gasteiger partial charge in [0.05, 0.1) is 0 Å². The number of amides is 1. The molecule has 1 rings (SSSR count). The van der Waals surface area contributed by atoms with Crippen LogP contribution in [-0.4, -0.2) is 23.1 Å². The third-order valence-electron chi connectivity index (χ3n) is 2.14. The molecule has 0 aliphatic rings. The largest absolute Gasteiger partial charge is 0.508 e. The molecule has 104 valence electrons. The van der Waals surface area contributed by atoms with E-state index in [-0.39, 0.29) is 11.3 Å². The number of phenols is 1. The van der Waals surface area contributed by atoms with Gasteiger partial charge < -0.3 is 20.0 Å². The number of carbonyl (C=O) groups excluding carboxylic acids is 2. The van der Waals surface area contributed by atoms with E-state index in [4.69, 9.17) is 16.3 Å². The standard InChI is InChI=1S/C13H16ClNO4/c1-13(2,3)19-12(18)15-10(7-16)9-5-4-8(14)6-11(9)17/h4-7,10,17H,1-3H3,(H,15,18). The van der Waals surface area contributed by atoms with Gasteiger partial charge in [0.1, 0.15) is 23.7 Å². The van der Waals surface area contributed by atoms with Crippen LogP contribution in [0, 0.1) is 0 Å². The molecule has 0 saturated heterocycles. The summed E-state index contributed by atoms with van der Waals surface area (Å²) >= 11 is 5.70. The molecule has 1 amide bonds. The summed E-state index contributed by atoms with van der Waals surface area (Å²) in [6.07, 6.45) is -0.230. The van der Waals surface area contributed by atoms with Crippen LogP contribution >= 0.6 is 11.6 Å². The molecule has 19 heavy (non-hydrogen) atoms. The molecule has 0 heterocycles. The lowest BCUT2D eigenvalue weighted by Crippen LogP contribution is -2.35. The Bertz CT molecular complexity index is 482. The molecule has 0 saturated carbocycles. The van der Waals surface area contributed by atoms with Gasteiger partial charge in [0.2, 0.25) is 0 Å². The van der Waals surface area contributed by atoms with Crippen molar-refractivity contribution in [3.8, 4) is 5.75 Å². The second kappa shape index (κ2) is 5.93. The van der Waals surface area contributed by atoms with E-state index in [1.54, 1.807) is 20.8 Å². The van der Waals surface area contributed by atoms with E-state index in [0.29, 0.717) is 11.3 Å². The van der Waals surface area contributed by atoms with Crippen molar-refractivity contribution in [1.82, 2.24) is 5.32 Å². The average molecular weight is 286 g/mol. The number of nitrogens with one attached hydrogen (secondary N) is 1. The minimum atomic E-state index is -0.993. The number of aromatic hydroxyl groups is 1. The molecule has 1 aromatic rings. The van der Waals surface area contributed by atoms with E-state index >= 15 is 0 Å². The zero-order valence-corrected chi connectivity index (χ0v) is 11.7. The normalized spacial score (nSPS) is 12.6. The van der Waals surface area contributed by atoms with E-state index in [1.165, 1.54) is 18.2 Å². The Morgan fingerprint density at radius 1 is 1.47 bits per heavy atom. The Hall–Kier alpha value is -1.75. The van der Waals surface area contributed by atoms with Crippen LogP contribution < -0.4 is 5.32 Å². The number of hydrogen-bond acceptors (Lipinski definition) is 4. The summed E-state index contributed by atoms with van der Waals surface area (Å²) in [5.74, 6) is -0.166. The molecule has 0 radical (unpaired) electrons. The van der Waals surface area contributed by atoms with Crippen LogP contribution in [-0.2, 0) is 9.53 Å². The number of rotatable bonds is 3. The highest BCUT2D eigenvalue weighted by Gasteiger charge is 2.21. The molecular weight excluding hydrogens is 270 g/mol. The van der Waals surface area contributed by atoms with E-state index < -0.39 is 17.7 Å². The fourth-order valence-electron chi connectivity index (χ4n) is 1.40. The minimum Gasteiger partial charge on any atom is -0.508 e. The molecule has 0 spiro atoms. The number of phenolic OH excluding ortho intramolecular Hbond substituents is 1. The molecule has 0 aromatic heterocycles. The summed E-state index contributed by atoms with van der Waals surface area (Å²) in [5, 5.41) is 12.4. The molecule has 0 aliphatic heterocycles. The summed E-state index contributed by atoms with van der Waals surface area (Å²) in [7, 11) is 0. The molecular formula is C13H16ClNO4. The number of carbonyl (C=O) groups is 2. The van der Waals surface area contributed by atoms with Crippen molar-refractivity contribution in [3.05, 3.63) is 28.8 Å². The average Bonchev–Trinajstić information content (AvgIpc) is 2.24. The Morgan fingerprint density at radius 3 is 2.58 bits per heavy atom. The van der Waals surface area contributed by atoms with Crippen molar-refractivity contribution in [3.63, 3.8) is 0 Å².